The fraction of sp³-hybridized carbons (Fsp3) is 0. The molecule has 2 heterocycles. The van der Waals surface area contributed by atoms with Gasteiger partial charge in [0, 0.05) is 32.9 Å². The maximum absolute atomic E-state index is 6.56. The molecule has 0 saturated carbocycles. The molecule has 3 heteroatoms. The van der Waals surface area contributed by atoms with E-state index in [0.717, 1.165) is 66.5 Å². The van der Waals surface area contributed by atoms with Gasteiger partial charge < -0.3 is 13.7 Å². The molecule has 0 amide bonds. The molecule has 3 nitrogen and oxygen atoms in total. The van der Waals surface area contributed by atoms with Crippen molar-refractivity contribution in [2.24, 2.45) is 0 Å². The van der Waals surface area contributed by atoms with Gasteiger partial charge in [-0.25, -0.2) is 0 Å². The van der Waals surface area contributed by atoms with Gasteiger partial charge >= 0.3 is 0 Å². The number of rotatable bonds is 4. The molecule has 0 fully saturated rings. The minimum Gasteiger partial charge on any atom is -0.456 e. The van der Waals surface area contributed by atoms with Gasteiger partial charge in [0.2, 0.25) is 0 Å². The zero-order valence-electron chi connectivity index (χ0n) is 23.2. The van der Waals surface area contributed by atoms with Crippen LogP contribution >= 0.6 is 0 Å². The van der Waals surface area contributed by atoms with Crippen molar-refractivity contribution in [2.75, 3.05) is 4.90 Å². The Labute approximate surface area is 247 Å². The van der Waals surface area contributed by atoms with Crippen molar-refractivity contribution in [3.05, 3.63) is 152 Å². The Balaban J connectivity index is 1.31. The Kier molecular flexibility index (Phi) is 5.20. The lowest BCUT2D eigenvalue weighted by Gasteiger charge is -2.26. The number of para-hydroxylation sites is 3. The van der Waals surface area contributed by atoms with Gasteiger partial charge in [-0.1, -0.05) is 103 Å². The number of benzene rings is 7. The summed E-state index contributed by atoms with van der Waals surface area (Å²) in [7, 11) is 0. The number of fused-ring (bicyclic) bond motifs is 7. The first-order valence-corrected chi connectivity index (χ1v) is 14.5. The summed E-state index contributed by atoms with van der Waals surface area (Å²) >= 11 is 0. The summed E-state index contributed by atoms with van der Waals surface area (Å²) in [5.74, 6) is 0. The number of furan rings is 2. The number of hydrogen-bond acceptors (Lipinski definition) is 3. The molecule has 0 atom stereocenters. The first-order chi connectivity index (χ1) is 21.3. The summed E-state index contributed by atoms with van der Waals surface area (Å²) in [6.45, 7) is 0. The smallest absolute Gasteiger partial charge is 0.159 e. The van der Waals surface area contributed by atoms with Gasteiger partial charge in [0.05, 0.1) is 5.69 Å². The van der Waals surface area contributed by atoms with E-state index >= 15 is 0 Å². The lowest BCUT2D eigenvalue weighted by atomic mass is 9.97. The summed E-state index contributed by atoms with van der Waals surface area (Å²) in [6, 6.07) is 53.2. The highest BCUT2D eigenvalue weighted by Gasteiger charge is 2.21. The molecule has 0 spiro atoms. The molecule has 2 aromatic heterocycles. The average Bonchev–Trinajstić information content (AvgIpc) is 3.64. The molecule has 7 aromatic carbocycles. The minimum absolute atomic E-state index is 0.858. The molecular formula is C40H25NO2. The van der Waals surface area contributed by atoms with E-state index in [1.165, 1.54) is 16.3 Å². The first-order valence-electron chi connectivity index (χ1n) is 14.5. The third kappa shape index (κ3) is 3.75. The van der Waals surface area contributed by atoms with E-state index in [9.17, 15) is 0 Å². The van der Waals surface area contributed by atoms with Crippen molar-refractivity contribution in [2.45, 2.75) is 0 Å². The maximum Gasteiger partial charge on any atom is 0.159 e. The van der Waals surface area contributed by atoms with Crippen LogP contribution in [0.4, 0.5) is 17.1 Å². The lowest BCUT2D eigenvalue weighted by molar-refractivity contribution is 0.669. The van der Waals surface area contributed by atoms with Crippen LogP contribution in [-0.4, -0.2) is 0 Å². The predicted octanol–water partition coefficient (Wildman–Crippen LogP) is 11.8. The van der Waals surface area contributed by atoms with E-state index in [1.807, 2.05) is 24.3 Å². The van der Waals surface area contributed by atoms with Crippen LogP contribution in [-0.2, 0) is 0 Å². The highest BCUT2D eigenvalue weighted by Crippen LogP contribution is 2.44. The second kappa shape index (κ2) is 9.37. The molecule has 0 aliphatic carbocycles. The van der Waals surface area contributed by atoms with Crippen LogP contribution in [0.1, 0.15) is 0 Å². The van der Waals surface area contributed by atoms with E-state index in [2.05, 4.69) is 132 Å². The number of nitrogens with zero attached hydrogens (tertiary/aromatic N) is 1. The van der Waals surface area contributed by atoms with Crippen LogP contribution in [0.5, 0.6) is 0 Å². The summed E-state index contributed by atoms with van der Waals surface area (Å²) < 4.78 is 12.8. The molecule has 43 heavy (non-hydrogen) atoms. The van der Waals surface area contributed by atoms with Crippen LogP contribution in [0, 0.1) is 0 Å². The van der Waals surface area contributed by atoms with Gasteiger partial charge in [-0.05, 0) is 70.4 Å². The van der Waals surface area contributed by atoms with E-state index in [0.29, 0.717) is 0 Å². The van der Waals surface area contributed by atoms with Gasteiger partial charge in [-0.2, -0.15) is 0 Å². The second-order valence-corrected chi connectivity index (χ2v) is 10.9. The van der Waals surface area contributed by atoms with Crippen LogP contribution in [0.15, 0.2) is 160 Å². The van der Waals surface area contributed by atoms with Crippen molar-refractivity contribution in [1.29, 1.82) is 0 Å². The zero-order chi connectivity index (χ0) is 28.3. The standard InChI is InChI=1S/C40H25NO2/c1-2-14-30-26(10-1)11-8-17-31(30)27-12-7-13-28(24-27)41(29-22-23-39-35(25-29)33-16-4-5-20-37(33)42-39)36-19-9-18-34-32-15-3-6-21-38(32)43-40(34)36/h1-25H. The summed E-state index contributed by atoms with van der Waals surface area (Å²) in [5.41, 5.74) is 8.92. The Morgan fingerprint density at radius 2 is 1.02 bits per heavy atom. The fourth-order valence-corrected chi connectivity index (χ4v) is 6.48. The van der Waals surface area contributed by atoms with E-state index in [4.69, 9.17) is 8.83 Å². The van der Waals surface area contributed by atoms with Crippen molar-refractivity contribution in [1.82, 2.24) is 0 Å². The van der Waals surface area contributed by atoms with Crippen LogP contribution < -0.4 is 4.90 Å². The number of anilines is 3. The Morgan fingerprint density at radius 3 is 1.91 bits per heavy atom. The topological polar surface area (TPSA) is 29.5 Å². The largest absolute Gasteiger partial charge is 0.456 e. The van der Waals surface area contributed by atoms with Crippen LogP contribution in [0.2, 0.25) is 0 Å². The van der Waals surface area contributed by atoms with Gasteiger partial charge in [-0.3, -0.25) is 0 Å². The van der Waals surface area contributed by atoms with Gasteiger partial charge in [-0.15, -0.1) is 0 Å². The molecule has 9 aromatic rings. The molecule has 0 saturated heterocycles. The van der Waals surface area contributed by atoms with Crippen molar-refractivity contribution >= 4 is 71.7 Å². The van der Waals surface area contributed by atoms with E-state index in [-0.39, 0.29) is 0 Å². The highest BCUT2D eigenvalue weighted by molar-refractivity contribution is 6.11. The molecule has 202 valence electrons. The lowest BCUT2D eigenvalue weighted by Crippen LogP contribution is -2.10. The van der Waals surface area contributed by atoms with Crippen LogP contribution in [0.25, 0.3) is 65.8 Å². The Bertz CT molecular complexity index is 2480. The second-order valence-electron chi connectivity index (χ2n) is 10.9. The highest BCUT2D eigenvalue weighted by atomic mass is 16.3. The average molecular weight is 552 g/mol. The van der Waals surface area contributed by atoms with Crippen molar-refractivity contribution < 1.29 is 8.83 Å². The number of hydrogen-bond donors (Lipinski definition) is 0. The van der Waals surface area contributed by atoms with Crippen LogP contribution in [0.3, 0.4) is 0 Å². The molecule has 0 radical (unpaired) electrons. The van der Waals surface area contributed by atoms with Gasteiger partial charge in [0.1, 0.15) is 16.7 Å². The third-order valence-electron chi connectivity index (χ3n) is 8.45. The minimum atomic E-state index is 0.858. The summed E-state index contributed by atoms with van der Waals surface area (Å²) in [5, 5.41) is 6.86. The van der Waals surface area contributed by atoms with Gasteiger partial charge in [0.15, 0.2) is 5.58 Å². The van der Waals surface area contributed by atoms with E-state index < -0.39 is 0 Å². The predicted molar refractivity (Wildman–Crippen MR) is 179 cm³/mol. The molecule has 0 unspecified atom stereocenters. The Hall–Kier alpha value is -5.80. The summed E-state index contributed by atoms with van der Waals surface area (Å²) in [6.07, 6.45) is 0. The Morgan fingerprint density at radius 1 is 0.395 bits per heavy atom. The van der Waals surface area contributed by atoms with Crippen molar-refractivity contribution in [3.8, 4) is 11.1 Å². The maximum atomic E-state index is 6.56. The molecule has 0 N–H and O–H groups in total. The molecule has 0 aliphatic rings. The quantitative estimate of drug-likeness (QED) is 0.218. The van der Waals surface area contributed by atoms with E-state index in [1.54, 1.807) is 0 Å². The molecular weight excluding hydrogens is 526 g/mol. The normalized spacial score (nSPS) is 11.7. The van der Waals surface area contributed by atoms with Crippen molar-refractivity contribution in [3.63, 3.8) is 0 Å². The summed E-state index contributed by atoms with van der Waals surface area (Å²) in [4.78, 5) is 2.31. The molecule has 0 bridgehead atoms. The SMILES string of the molecule is c1cc(-c2cccc3ccccc23)cc(N(c2ccc3oc4ccccc4c3c2)c2cccc3c2oc2ccccc23)c1. The first kappa shape index (κ1) is 23.9. The monoisotopic (exact) mass is 551 g/mol. The van der Waals surface area contributed by atoms with Gasteiger partial charge in [0.25, 0.3) is 0 Å². The third-order valence-corrected chi connectivity index (χ3v) is 8.45. The molecule has 9 rings (SSSR count). The zero-order valence-corrected chi connectivity index (χ0v) is 23.2. The fourth-order valence-electron chi connectivity index (χ4n) is 6.48. The molecule has 0 aliphatic heterocycles.